The fourth-order valence-electron chi connectivity index (χ4n) is 1.92. The smallest absolute Gasteiger partial charge is 0.253 e. The minimum absolute atomic E-state index is 0. The average Bonchev–Trinajstić information content (AvgIpc) is 2.84. The molecule has 0 aliphatic carbocycles. The van der Waals surface area contributed by atoms with Crippen molar-refractivity contribution in [2.75, 3.05) is 11.9 Å². The Kier molecular flexibility index (Phi) is 6.56. The van der Waals surface area contributed by atoms with Gasteiger partial charge in [-0.25, -0.2) is 8.78 Å². The lowest BCUT2D eigenvalue weighted by molar-refractivity contribution is -0.126. The van der Waals surface area contributed by atoms with Crippen LogP contribution in [0.5, 0.6) is 0 Å². The molecule has 3 N–H and O–H groups in total. The molecule has 20 heavy (non-hydrogen) atoms. The number of ether oxygens (including phenoxy) is 1. The van der Waals surface area contributed by atoms with Crippen molar-refractivity contribution in [3.8, 4) is 0 Å². The highest BCUT2D eigenvalue weighted by Gasteiger charge is 2.30. The van der Waals surface area contributed by atoms with Gasteiger partial charge < -0.3 is 15.8 Å². The second-order valence-electron chi connectivity index (χ2n) is 4.30. The maximum atomic E-state index is 13.3. The van der Waals surface area contributed by atoms with Crippen LogP contribution < -0.4 is 11.1 Å². The van der Waals surface area contributed by atoms with Crippen molar-refractivity contribution in [1.29, 1.82) is 0 Å². The van der Waals surface area contributed by atoms with Crippen LogP contribution in [0.4, 0.5) is 14.5 Å². The molecule has 1 aliphatic rings. The minimum Gasteiger partial charge on any atom is -0.364 e. The first-order valence-corrected chi connectivity index (χ1v) is 6.90. The van der Waals surface area contributed by atoms with E-state index in [4.69, 9.17) is 10.5 Å². The zero-order valence-corrected chi connectivity index (χ0v) is 13.3. The number of benzene rings is 1. The molecule has 0 saturated carbocycles. The highest BCUT2D eigenvalue weighted by Crippen LogP contribution is 2.23. The van der Waals surface area contributed by atoms with Gasteiger partial charge in [-0.3, -0.25) is 4.79 Å². The zero-order chi connectivity index (χ0) is 14.0. The Morgan fingerprint density at radius 2 is 2.00 bits per heavy atom. The summed E-state index contributed by atoms with van der Waals surface area (Å²) in [5, 5.41) is 2.45. The van der Waals surface area contributed by atoms with E-state index in [0.29, 0.717) is 19.4 Å². The fourth-order valence-corrected chi connectivity index (χ4v) is 2.23. The number of nitrogens with one attached hydrogen (secondary N) is 1. The van der Waals surface area contributed by atoms with Crippen LogP contribution in [-0.4, -0.2) is 24.7 Å². The topological polar surface area (TPSA) is 64.4 Å². The third-order valence-electron chi connectivity index (χ3n) is 2.91. The maximum absolute atomic E-state index is 13.3. The second kappa shape index (κ2) is 7.48. The highest BCUT2D eigenvalue weighted by atomic mass is 127. The molecule has 0 aromatic heterocycles. The number of rotatable bonds is 3. The van der Waals surface area contributed by atoms with E-state index < -0.39 is 23.6 Å². The Labute approximate surface area is 135 Å². The fraction of sp³-hybridized carbons (Fsp3) is 0.417. The highest BCUT2D eigenvalue weighted by molar-refractivity contribution is 14.1. The van der Waals surface area contributed by atoms with E-state index in [1.54, 1.807) is 22.6 Å². The summed E-state index contributed by atoms with van der Waals surface area (Å²) in [6.07, 6.45) is 0.535. The summed E-state index contributed by atoms with van der Waals surface area (Å²) in [6, 6.07) is 2.16. The lowest BCUT2D eigenvalue weighted by atomic mass is 10.2. The van der Waals surface area contributed by atoms with Crippen LogP contribution in [0.25, 0.3) is 0 Å². The van der Waals surface area contributed by atoms with Gasteiger partial charge in [-0.2, -0.15) is 0 Å². The summed E-state index contributed by atoms with van der Waals surface area (Å²) >= 11 is 1.56. The van der Waals surface area contributed by atoms with Gasteiger partial charge in [0.25, 0.3) is 5.91 Å². The second-order valence-corrected chi connectivity index (χ2v) is 5.38. The predicted molar refractivity (Wildman–Crippen MR) is 81.9 cm³/mol. The van der Waals surface area contributed by atoms with Gasteiger partial charge in [0.1, 0.15) is 17.7 Å². The van der Waals surface area contributed by atoms with E-state index in [1.165, 1.54) is 0 Å². The van der Waals surface area contributed by atoms with E-state index in [2.05, 4.69) is 5.32 Å². The Bertz CT molecular complexity index is 481. The van der Waals surface area contributed by atoms with Crippen LogP contribution >= 0.6 is 35.0 Å². The van der Waals surface area contributed by atoms with E-state index in [1.807, 2.05) is 0 Å². The van der Waals surface area contributed by atoms with Crippen molar-refractivity contribution in [3.05, 3.63) is 27.3 Å². The van der Waals surface area contributed by atoms with Crippen molar-refractivity contribution in [2.24, 2.45) is 5.73 Å². The normalized spacial score (nSPS) is 21.4. The molecule has 0 unspecified atom stereocenters. The molecular weight excluding hydrogens is 404 g/mol. The first-order valence-electron chi connectivity index (χ1n) is 5.82. The van der Waals surface area contributed by atoms with Gasteiger partial charge in [-0.15, -0.1) is 12.4 Å². The SMILES string of the molecule is Cl.NC[C@H]1CC[C@@H](C(=O)Nc2cc(F)c(I)c(F)c2)O1. The average molecular weight is 419 g/mol. The van der Waals surface area contributed by atoms with Crippen LogP contribution in [0.2, 0.25) is 0 Å². The Morgan fingerprint density at radius 3 is 2.50 bits per heavy atom. The number of hydrogen-bond acceptors (Lipinski definition) is 3. The number of anilines is 1. The van der Waals surface area contributed by atoms with Crippen molar-refractivity contribution >= 4 is 46.6 Å². The third-order valence-corrected chi connectivity index (χ3v) is 3.94. The van der Waals surface area contributed by atoms with Gasteiger partial charge in [-0.05, 0) is 47.6 Å². The molecule has 1 saturated heterocycles. The van der Waals surface area contributed by atoms with Crippen LogP contribution in [0, 0.1) is 15.2 Å². The van der Waals surface area contributed by atoms with Crippen LogP contribution in [-0.2, 0) is 9.53 Å². The molecule has 1 aromatic rings. The molecule has 0 radical (unpaired) electrons. The van der Waals surface area contributed by atoms with Crippen molar-refractivity contribution in [3.63, 3.8) is 0 Å². The molecule has 1 aliphatic heterocycles. The number of hydrogen-bond donors (Lipinski definition) is 2. The van der Waals surface area contributed by atoms with E-state index in [9.17, 15) is 13.6 Å². The minimum atomic E-state index is -0.705. The number of halogens is 4. The molecular formula is C12H14ClF2IN2O2. The third kappa shape index (κ3) is 4.00. The number of carbonyl (C=O) groups excluding carboxylic acids is 1. The molecule has 2 rings (SSSR count). The van der Waals surface area contributed by atoms with Gasteiger partial charge >= 0.3 is 0 Å². The first-order chi connectivity index (χ1) is 9.01. The lowest BCUT2D eigenvalue weighted by Crippen LogP contribution is -2.29. The molecule has 1 amide bonds. The van der Waals surface area contributed by atoms with Gasteiger partial charge in [0, 0.05) is 12.2 Å². The van der Waals surface area contributed by atoms with Gasteiger partial charge in [0.2, 0.25) is 0 Å². The van der Waals surface area contributed by atoms with Gasteiger partial charge in [0.15, 0.2) is 0 Å². The maximum Gasteiger partial charge on any atom is 0.253 e. The largest absolute Gasteiger partial charge is 0.364 e. The Morgan fingerprint density at radius 1 is 1.40 bits per heavy atom. The summed E-state index contributed by atoms with van der Waals surface area (Å²) < 4.78 is 32.0. The van der Waals surface area contributed by atoms with Crippen molar-refractivity contribution < 1.29 is 18.3 Å². The summed E-state index contributed by atoms with van der Waals surface area (Å²) in [7, 11) is 0. The number of nitrogens with two attached hydrogens (primary N) is 1. The van der Waals surface area contributed by atoms with E-state index in [-0.39, 0.29) is 27.8 Å². The molecule has 1 aromatic carbocycles. The zero-order valence-electron chi connectivity index (χ0n) is 10.4. The standard InChI is InChI=1S/C12H13F2IN2O2.ClH/c13-8-3-6(4-9(14)11(8)15)17-12(18)10-2-1-7(5-16)19-10;/h3-4,7,10H,1-2,5,16H2,(H,17,18);1H/t7-,10+;/m1./s1. The summed E-state index contributed by atoms with van der Waals surface area (Å²) in [5.74, 6) is -1.82. The first kappa shape index (κ1) is 17.5. The van der Waals surface area contributed by atoms with Gasteiger partial charge in [-0.1, -0.05) is 0 Å². The molecule has 0 bridgehead atoms. The van der Waals surface area contributed by atoms with Crippen LogP contribution in [0.15, 0.2) is 12.1 Å². The number of amides is 1. The molecule has 1 fully saturated rings. The summed E-state index contributed by atoms with van der Waals surface area (Å²) in [4.78, 5) is 11.9. The summed E-state index contributed by atoms with van der Waals surface area (Å²) in [5.41, 5.74) is 5.53. The molecule has 8 heteroatoms. The van der Waals surface area contributed by atoms with Gasteiger partial charge in [0.05, 0.1) is 9.67 Å². The lowest BCUT2D eigenvalue weighted by Gasteiger charge is -2.13. The summed E-state index contributed by atoms with van der Waals surface area (Å²) in [6.45, 7) is 0.358. The van der Waals surface area contributed by atoms with E-state index >= 15 is 0 Å². The quantitative estimate of drug-likeness (QED) is 0.585. The van der Waals surface area contributed by atoms with Crippen molar-refractivity contribution in [1.82, 2.24) is 0 Å². The van der Waals surface area contributed by atoms with Crippen LogP contribution in [0.3, 0.4) is 0 Å². The van der Waals surface area contributed by atoms with Crippen LogP contribution in [0.1, 0.15) is 12.8 Å². The van der Waals surface area contributed by atoms with Crippen molar-refractivity contribution in [2.45, 2.75) is 25.0 Å². The molecule has 112 valence electrons. The number of carbonyl (C=O) groups is 1. The molecule has 4 nitrogen and oxygen atoms in total. The van der Waals surface area contributed by atoms with E-state index in [0.717, 1.165) is 12.1 Å². The predicted octanol–water partition coefficient (Wildman–Crippen LogP) is 2.44. The Balaban J connectivity index is 0.00000200. The molecule has 0 spiro atoms. The Hall–Kier alpha value is -0.510. The molecule has 1 heterocycles. The molecule has 2 atom stereocenters. The monoisotopic (exact) mass is 418 g/mol.